The standard InChI is InChI=1S/C14H21NOS/c1-9-13(15-5)11-8-10(14(2,3)4)6-7-12(11)17(9)16/h6-9,13,15H,1-5H3. The molecule has 0 aliphatic carbocycles. The highest BCUT2D eigenvalue weighted by atomic mass is 32.2. The van der Waals surface area contributed by atoms with Crippen molar-refractivity contribution in [2.45, 2.75) is 49.3 Å². The van der Waals surface area contributed by atoms with Crippen molar-refractivity contribution >= 4 is 10.8 Å². The van der Waals surface area contributed by atoms with Crippen molar-refractivity contribution in [3.63, 3.8) is 0 Å². The van der Waals surface area contributed by atoms with E-state index in [1.165, 1.54) is 11.1 Å². The van der Waals surface area contributed by atoms with Gasteiger partial charge in [0.05, 0.1) is 16.0 Å². The molecule has 3 unspecified atom stereocenters. The van der Waals surface area contributed by atoms with Gasteiger partial charge in [0.1, 0.15) is 0 Å². The summed E-state index contributed by atoms with van der Waals surface area (Å²) in [4.78, 5) is 1.00. The summed E-state index contributed by atoms with van der Waals surface area (Å²) in [5.41, 5.74) is 2.66. The van der Waals surface area contributed by atoms with Gasteiger partial charge >= 0.3 is 0 Å². The van der Waals surface area contributed by atoms with Crippen LogP contribution in [0, 0.1) is 0 Å². The summed E-state index contributed by atoms with van der Waals surface area (Å²) in [5.74, 6) is 0. The van der Waals surface area contributed by atoms with Crippen LogP contribution in [0.4, 0.5) is 0 Å². The minimum atomic E-state index is -0.870. The molecule has 1 aromatic carbocycles. The van der Waals surface area contributed by atoms with Crippen LogP contribution >= 0.6 is 0 Å². The fraction of sp³-hybridized carbons (Fsp3) is 0.571. The van der Waals surface area contributed by atoms with Crippen molar-refractivity contribution < 1.29 is 4.21 Å². The van der Waals surface area contributed by atoms with Crippen molar-refractivity contribution in [3.05, 3.63) is 29.3 Å². The number of fused-ring (bicyclic) bond motifs is 1. The monoisotopic (exact) mass is 251 g/mol. The zero-order valence-corrected chi connectivity index (χ0v) is 12.0. The van der Waals surface area contributed by atoms with E-state index in [1.54, 1.807) is 0 Å². The third kappa shape index (κ3) is 2.06. The van der Waals surface area contributed by atoms with Crippen molar-refractivity contribution in [1.29, 1.82) is 0 Å². The zero-order chi connectivity index (χ0) is 12.8. The smallest absolute Gasteiger partial charge is 0.0580 e. The molecule has 1 aromatic rings. The molecule has 0 bridgehead atoms. The molecule has 0 aromatic heterocycles. The topological polar surface area (TPSA) is 29.1 Å². The highest BCUT2D eigenvalue weighted by molar-refractivity contribution is 7.86. The second-order valence-corrected chi connectivity index (χ2v) is 7.55. The van der Waals surface area contributed by atoms with Gasteiger partial charge in [-0.05, 0) is 36.6 Å². The molecule has 2 rings (SSSR count). The van der Waals surface area contributed by atoms with E-state index in [4.69, 9.17) is 0 Å². The average molecular weight is 251 g/mol. The second kappa shape index (κ2) is 4.21. The number of hydrogen-bond acceptors (Lipinski definition) is 2. The van der Waals surface area contributed by atoms with Gasteiger partial charge in [-0.3, -0.25) is 4.21 Å². The average Bonchev–Trinajstić information content (AvgIpc) is 2.50. The molecule has 0 saturated heterocycles. The van der Waals surface area contributed by atoms with E-state index in [2.05, 4.69) is 38.2 Å². The largest absolute Gasteiger partial charge is 0.312 e. The quantitative estimate of drug-likeness (QED) is 0.831. The van der Waals surface area contributed by atoms with Gasteiger partial charge in [-0.1, -0.05) is 32.9 Å². The number of rotatable bonds is 1. The Morgan fingerprint density at radius 3 is 2.47 bits per heavy atom. The van der Waals surface area contributed by atoms with Gasteiger partial charge < -0.3 is 5.32 Å². The molecule has 3 heteroatoms. The van der Waals surface area contributed by atoms with Crippen LogP contribution in [-0.2, 0) is 16.2 Å². The van der Waals surface area contributed by atoms with Gasteiger partial charge in [0.25, 0.3) is 0 Å². The van der Waals surface area contributed by atoms with Crippen molar-refractivity contribution in [3.8, 4) is 0 Å². The molecule has 1 aliphatic heterocycles. The van der Waals surface area contributed by atoms with Crippen LogP contribution in [0.2, 0.25) is 0 Å². The Morgan fingerprint density at radius 1 is 1.29 bits per heavy atom. The normalized spacial score (nSPS) is 28.2. The maximum atomic E-state index is 12.2. The Labute approximate surface area is 106 Å². The molecule has 0 saturated carbocycles. The molecular formula is C14H21NOS. The fourth-order valence-electron chi connectivity index (χ4n) is 2.41. The van der Waals surface area contributed by atoms with Crippen molar-refractivity contribution in [1.82, 2.24) is 5.32 Å². The third-order valence-electron chi connectivity index (χ3n) is 3.55. The summed E-state index contributed by atoms with van der Waals surface area (Å²) >= 11 is 0. The van der Waals surface area contributed by atoms with E-state index < -0.39 is 10.8 Å². The fourth-order valence-corrected chi connectivity index (χ4v) is 3.96. The first-order valence-corrected chi connectivity index (χ1v) is 7.30. The SMILES string of the molecule is CNC1c2cc(C(C)(C)C)ccc2S(=O)C1C. The molecule has 1 heterocycles. The van der Waals surface area contributed by atoms with Crippen molar-refractivity contribution in [2.75, 3.05) is 7.05 Å². The van der Waals surface area contributed by atoms with Crippen LogP contribution < -0.4 is 5.32 Å². The van der Waals surface area contributed by atoms with E-state index in [0.717, 1.165) is 4.90 Å². The molecule has 1 aliphatic rings. The van der Waals surface area contributed by atoms with E-state index in [1.807, 2.05) is 20.0 Å². The molecule has 0 amide bonds. The maximum absolute atomic E-state index is 12.2. The van der Waals surface area contributed by atoms with Crippen LogP contribution in [0.1, 0.15) is 44.9 Å². The summed E-state index contributed by atoms with van der Waals surface area (Å²) in [7, 11) is 1.07. The predicted molar refractivity (Wildman–Crippen MR) is 72.8 cm³/mol. The molecule has 2 nitrogen and oxygen atoms in total. The lowest BCUT2D eigenvalue weighted by Crippen LogP contribution is -2.24. The van der Waals surface area contributed by atoms with Gasteiger partial charge in [0.15, 0.2) is 0 Å². The minimum absolute atomic E-state index is 0.140. The summed E-state index contributed by atoms with van der Waals surface area (Å²) < 4.78 is 12.2. The van der Waals surface area contributed by atoms with Crippen molar-refractivity contribution in [2.24, 2.45) is 0 Å². The Bertz CT molecular complexity index is 462. The highest BCUT2D eigenvalue weighted by Crippen LogP contribution is 2.38. The van der Waals surface area contributed by atoms with Gasteiger partial charge in [-0.2, -0.15) is 0 Å². The summed E-state index contributed by atoms with van der Waals surface area (Å²) in [6, 6.07) is 6.59. The summed E-state index contributed by atoms with van der Waals surface area (Å²) in [6.45, 7) is 8.67. The highest BCUT2D eigenvalue weighted by Gasteiger charge is 2.35. The number of nitrogens with one attached hydrogen (secondary N) is 1. The van der Waals surface area contributed by atoms with Gasteiger partial charge in [-0.15, -0.1) is 0 Å². The molecule has 94 valence electrons. The minimum Gasteiger partial charge on any atom is -0.312 e. The molecule has 1 N–H and O–H groups in total. The lowest BCUT2D eigenvalue weighted by molar-refractivity contribution is 0.570. The Balaban J connectivity index is 2.54. The first-order chi connectivity index (χ1) is 7.86. The lowest BCUT2D eigenvalue weighted by atomic mass is 9.85. The molecule has 17 heavy (non-hydrogen) atoms. The van der Waals surface area contributed by atoms with Crippen LogP contribution in [0.15, 0.2) is 23.1 Å². The van der Waals surface area contributed by atoms with E-state index in [-0.39, 0.29) is 16.7 Å². The lowest BCUT2D eigenvalue weighted by Gasteiger charge is -2.21. The Kier molecular flexibility index (Phi) is 3.17. The van der Waals surface area contributed by atoms with Crippen LogP contribution in [0.3, 0.4) is 0 Å². The maximum Gasteiger partial charge on any atom is 0.0580 e. The molecular weight excluding hydrogens is 230 g/mol. The summed E-state index contributed by atoms with van der Waals surface area (Å²) in [5, 5.41) is 3.44. The number of benzene rings is 1. The Hall–Kier alpha value is -0.670. The van der Waals surface area contributed by atoms with Gasteiger partial charge in [-0.25, -0.2) is 0 Å². The van der Waals surface area contributed by atoms with E-state index >= 15 is 0 Å². The van der Waals surface area contributed by atoms with Crippen LogP contribution in [0.5, 0.6) is 0 Å². The zero-order valence-electron chi connectivity index (χ0n) is 11.2. The first kappa shape index (κ1) is 12.8. The number of hydrogen-bond donors (Lipinski definition) is 1. The molecule has 0 spiro atoms. The Morgan fingerprint density at radius 2 is 1.94 bits per heavy atom. The van der Waals surface area contributed by atoms with Gasteiger partial charge in [0, 0.05) is 10.9 Å². The van der Waals surface area contributed by atoms with E-state index in [9.17, 15) is 4.21 Å². The second-order valence-electron chi connectivity index (χ2n) is 5.77. The summed E-state index contributed by atoms with van der Waals surface area (Å²) in [6.07, 6.45) is 0. The van der Waals surface area contributed by atoms with Gasteiger partial charge in [0.2, 0.25) is 0 Å². The molecule has 0 radical (unpaired) electrons. The molecule has 0 fully saturated rings. The van der Waals surface area contributed by atoms with E-state index in [0.29, 0.717) is 0 Å². The van der Waals surface area contributed by atoms with Crippen LogP contribution in [-0.4, -0.2) is 16.5 Å². The third-order valence-corrected chi connectivity index (χ3v) is 5.30. The van der Waals surface area contributed by atoms with Crippen LogP contribution in [0.25, 0.3) is 0 Å². The predicted octanol–water partition coefficient (Wildman–Crippen LogP) is 2.75. The molecule has 3 atom stereocenters. The first-order valence-electron chi connectivity index (χ1n) is 6.08.